The number of nitrogens with zero attached hydrogens (tertiary/aromatic N) is 5. The van der Waals surface area contributed by atoms with Gasteiger partial charge in [-0.3, -0.25) is 14.4 Å². The average molecular weight is 524 g/mol. The number of cyclic esters (lactones) is 1. The number of fused-ring (bicyclic) bond motifs is 3. The van der Waals surface area contributed by atoms with Crippen LogP contribution in [0.15, 0.2) is 48.6 Å². The summed E-state index contributed by atoms with van der Waals surface area (Å²) >= 11 is 1.52. The SMILES string of the molecule is O=C1OCCC/C=C\[C@H]2S[C@]34C=CCN(Cn5nnc6ccccc65)C(=O)C3N(CCCO)C(=O)[C@@H]4[C@@H]12. The number of carbonyl (C=O) groups excluding carboxylic acids is 3. The number of allylic oxidation sites excluding steroid dienone is 1. The Morgan fingerprint density at radius 1 is 1.16 bits per heavy atom. The predicted octanol–water partition coefficient (Wildman–Crippen LogP) is 1.36. The first-order valence-corrected chi connectivity index (χ1v) is 13.6. The van der Waals surface area contributed by atoms with Crippen LogP contribution < -0.4 is 0 Å². The minimum Gasteiger partial charge on any atom is -0.465 e. The van der Waals surface area contributed by atoms with Gasteiger partial charge in [-0.1, -0.05) is 41.7 Å². The van der Waals surface area contributed by atoms with Crippen LogP contribution in [0.2, 0.25) is 0 Å². The maximum atomic E-state index is 14.2. The Bertz CT molecular complexity index is 1290. The van der Waals surface area contributed by atoms with Crippen LogP contribution in [0, 0.1) is 11.8 Å². The van der Waals surface area contributed by atoms with E-state index in [1.807, 2.05) is 42.5 Å². The van der Waals surface area contributed by atoms with Crippen molar-refractivity contribution < 1.29 is 24.2 Å². The highest BCUT2D eigenvalue weighted by Gasteiger charge is 2.70. The molecule has 194 valence electrons. The number of hydrogen-bond donors (Lipinski definition) is 1. The fourth-order valence-corrected chi connectivity index (χ4v) is 8.09. The first-order chi connectivity index (χ1) is 18.0. The number of likely N-dealkylation sites (tertiary alicyclic amines) is 1. The third-order valence-corrected chi connectivity index (χ3v) is 9.46. The van der Waals surface area contributed by atoms with Gasteiger partial charge in [-0.2, -0.15) is 0 Å². The van der Waals surface area contributed by atoms with Crippen molar-refractivity contribution in [1.82, 2.24) is 24.8 Å². The molecule has 5 atom stereocenters. The van der Waals surface area contributed by atoms with Gasteiger partial charge >= 0.3 is 5.97 Å². The van der Waals surface area contributed by atoms with Crippen molar-refractivity contribution in [2.75, 3.05) is 26.3 Å². The zero-order chi connectivity index (χ0) is 25.6. The van der Waals surface area contributed by atoms with Gasteiger partial charge in [0.15, 0.2) is 0 Å². The third kappa shape index (κ3) is 3.86. The van der Waals surface area contributed by atoms with Gasteiger partial charge in [0.2, 0.25) is 11.8 Å². The van der Waals surface area contributed by atoms with Crippen LogP contribution in [0.3, 0.4) is 0 Å². The summed E-state index contributed by atoms with van der Waals surface area (Å²) < 4.78 is 6.36. The van der Waals surface area contributed by atoms with E-state index in [1.54, 1.807) is 14.5 Å². The molecule has 1 N–H and O–H groups in total. The summed E-state index contributed by atoms with van der Waals surface area (Å²) in [5, 5.41) is 17.7. The molecule has 0 saturated carbocycles. The number of para-hydroxylation sites is 1. The third-order valence-electron chi connectivity index (χ3n) is 7.72. The van der Waals surface area contributed by atoms with Gasteiger partial charge < -0.3 is 19.6 Å². The number of thioether (sulfide) groups is 1. The van der Waals surface area contributed by atoms with Crippen LogP contribution >= 0.6 is 11.8 Å². The summed E-state index contributed by atoms with van der Waals surface area (Å²) in [6.07, 6.45) is 9.85. The Kier molecular flexibility index (Phi) is 6.28. The first kappa shape index (κ1) is 24.2. The molecule has 37 heavy (non-hydrogen) atoms. The Morgan fingerprint density at radius 2 is 2.03 bits per heavy atom. The molecule has 5 heterocycles. The summed E-state index contributed by atoms with van der Waals surface area (Å²) in [6, 6.07) is 6.76. The van der Waals surface area contributed by atoms with E-state index in [1.165, 1.54) is 11.8 Å². The lowest BCUT2D eigenvalue weighted by Gasteiger charge is -2.35. The lowest BCUT2D eigenvalue weighted by Crippen LogP contribution is -2.53. The number of amides is 2. The quantitative estimate of drug-likeness (QED) is 0.461. The highest BCUT2D eigenvalue weighted by molar-refractivity contribution is 8.02. The van der Waals surface area contributed by atoms with Crippen molar-refractivity contribution in [3.63, 3.8) is 0 Å². The normalized spacial score (nSPS) is 32.3. The van der Waals surface area contributed by atoms with E-state index in [4.69, 9.17) is 4.74 Å². The summed E-state index contributed by atoms with van der Waals surface area (Å²) in [4.78, 5) is 44.7. The number of esters is 1. The van der Waals surface area contributed by atoms with E-state index >= 15 is 0 Å². The van der Waals surface area contributed by atoms with Gasteiger partial charge in [0.05, 0.1) is 28.7 Å². The number of carbonyl (C=O) groups is 3. The monoisotopic (exact) mass is 523 g/mol. The van der Waals surface area contributed by atoms with Crippen molar-refractivity contribution in [2.45, 2.75) is 42.0 Å². The van der Waals surface area contributed by atoms with E-state index in [9.17, 15) is 19.5 Å². The lowest BCUT2D eigenvalue weighted by molar-refractivity contribution is -0.153. The van der Waals surface area contributed by atoms with Gasteiger partial charge in [-0.05, 0) is 31.4 Å². The van der Waals surface area contributed by atoms with Crippen molar-refractivity contribution in [3.05, 3.63) is 48.6 Å². The van der Waals surface area contributed by atoms with Crippen LogP contribution in [0.1, 0.15) is 19.3 Å². The van der Waals surface area contributed by atoms with Crippen LogP contribution in [0.5, 0.6) is 0 Å². The number of rotatable bonds is 5. The number of ether oxygens (including phenoxy) is 1. The minimum absolute atomic E-state index is 0.100. The molecule has 11 heteroatoms. The second kappa shape index (κ2) is 9.60. The highest BCUT2D eigenvalue weighted by atomic mass is 32.2. The Balaban J connectivity index is 1.39. The van der Waals surface area contributed by atoms with Crippen LogP contribution in [0.4, 0.5) is 0 Å². The van der Waals surface area contributed by atoms with Crippen LogP contribution in [0.25, 0.3) is 11.0 Å². The van der Waals surface area contributed by atoms with Crippen molar-refractivity contribution >= 4 is 40.6 Å². The van der Waals surface area contributed by atoms with Gasteiger partial charge in [-0.25, -0.2) is 4.68 Å². The molecule has 2 saturated heterocycles. The molecule has 2 amide bonds. The second-order valence-corrected chi connectivity index (χ2v) is 11.4. The lowest BCUT2D eigenvalue weighted by atomic mass is 9.78. The van der Waals surface area contributed by atoms with Crippen molar-refractivity contribution in [2.24, 2.45) is 11.8 Å². The molecular formula is C26H29N5O5S. The van der Waals surface area contributed by atoms with Crippen LogP contribution in [-0.4, -0.2) is 90.0 Å². The standard InChI is InChI=1S/C26H29N5O5S/c32-14-7-13-30-22-24(34)29(16-31-18-9-4-3-8-17(18)27-28-31)12-6-11-26(22)21(23(30)33)20-19(37-26)10-2-1-5-15-36-25(20)35/h2-4,6,8-11,19-22,32H,1,5,7,12-16H2/b10-2-/t19-,20+,21+,22?,26+/m1/s1. The fourth-order valence-electron chi connectivity index (χ4n) is 6.09. The molecule has 1 aromatic heterocycles. The Hall–Kier alpha value is -3.18. The minimum atomic E-state index is -0.902. The number of aliphatic hydroxyl groups is 1. The summed E-state index contributed by atoms with van der Waals surface area (Å²) in [6.45, 7) is 0.979. The summed E-state index contributed by atoms with van der Waals surface area (Å²) in [7, 11) is 0. The molecule has 1 spiro atoms. The van der Waals surface area contributed by atoms with E-state index in [0.717, 1.165) is 23.9 Å². The van der Waals surface area contributed by atoms with E-state index < -0.39 is 22.6 Å². The molecule has 0 bridgehead atoms. The smallest absolute Gasteiger partial charge is 0.311 e. The summed E-state index contributed by atoms with van der Waals surface area (Å²) in [5.74, 6) is -2.19. The van der Waals surface area contributed by atoms with E-state index in [0.29, 0.717) is 19.6 Å². The molecule has 0 radical (unpaired) electrons. The molecule has 1 aromatic carbocycles. The second-order valence-electron chi connectivity index (χ2n) is 9.87. The predicted molar refractivity (Wildman–Crippen MR) is 136 cm³/mol. The number of benzene rings is 1. The van der Waals surface area contributed by atoms with Gasteiger partial charge in [0.25, 0.3) is 0 Å². The van der Waals surface area contributed by atoms with E-state index in [-0.39, 0.29) is 42.9 Å². The number of aromatic nitrogens is 3. The topological polar surface area (TPSA) is 118 Å². The zero-order valence-electron chi connectivity index (χ0n) is 20.3. The molecule has 10 nitrogen and oxygen atoms in total. The van der Waals surface area contributed by atoms with Crippen LogP contribution in [-0.2, 0) is 25.8 Å². The molecule has 0 aliphatic carbocycles. The molecule has 4 aliphatic rings. The van der Waals surface area contributed by atoms with Gasteiger partial charge in [-0.15, -0.1) is 16.9 Å². The Morgan fingerprint density at radius 3 is 2.89 bits per heavy atom. The summed E-state index contributed by atoms with van der Waals surface area (Å²) in [5.41, 5.74) is 1.55. The van der Waals surface area contributed by atoms with Crippen molar-refractivity contribution in [1.29, 1.82) is 0 Å². The molecule has 2 aromatic rings. The molecule has 4 aliphatic heterocycles. The zero-order valence-corrected chi connectivity index (χ0v) is 21.1. The molecule has 1 unspecified atom stereocenters. The Labute approximate surface area is 218 Å². The maximum Gasteiger partial charge on any atom is 0.311 e. The molecule has 6 rings (SSSR count). The van der Waals surface area contributed by atoms with Gasteiger partial charge in [0, 0.05) is 24.9 Å². The van der Waals surface area contributed by atoms with Gasteiger partial charge in [0.1, 0.15) is 18.2 Å². The molecular weight excluding hydrogens is 494 g/mol. The van der Waals surface area contributed by atoms with E-state index in [2.05, 4.69) is 16.4 Å². The molecule has 2 fully saturated rings. The first-order valence-electron chi connectivity index (χ1n) is 12.7. The number of aliphatic hydroxyl groups excluding tert-OH is 1. The highest BCUT2D eigenvalue weighted by Crippen LogP contribution is 2.60. The average Bonchev–Trinajstić information content (AvgIpc) is 3.50. The maximum absolute atomic E-state index is 14.2. The fraction of sp³-hybridized carbons (Fsp3) is 0.500. The number of hydrogen-bond acceptors (Lipinski definition) is 8. The largest absolute Gasteiger partial charge is 0.465 e. The van der Waals surface area contributed by atoms with Crippen molar-refractivity contribution in [3.8, 4) is 0 Å².